The summed E-state index contributed by atoms with van der Waals surface area (Å²) < 4.78 is 2.21. The van der Waals surface area contributed by atoms with Crippen LogP contribution in [0.2, 0.25) is 0 Å². The van der Waals surface area contributed by atoms with Gasteiger partial charge in [0.1, 0.15) is 0 Å². The Balaban J connectivity index is 1.77. The Morgan fingerprint density at radius 3 is 1.81 bits per heavy atom. The first-order valence-electron chi connectivity index (χ1n) is 9.99. The number of hydrogen-bond donors (Lipinski definition) is 4. The first-order valence-corrected chi connectivity index (χ1v) is 9.99. The average molecular weight is 407 g/mol. The van der Waals surface area contributed by atoms with Gasteiger partial charge in [0.25, 0.3) is 0 Å². The Morgan fingerprint density at radius 2 is 1.13 bits per heavy atom. The van der Waals surface area contributed by atoms with Gasteiger partial charge < -0.3 is 24.7 Å². The second kappa shape index (κ2) is 7.72. The fourth-order valence-electron chi connectivity index (χ4n) is 4.15. The Bertz CT molecular complexity index is 1370. The molecule has 0 radical (unpaired) electrons. The van der Waals surface area contributed by atoms with Crippen molar-refractivity contribution in [1.29, 1.82) is 0 Å². The highest BCUT2D eigenvalue weighted by molar-refractivity contribution is 6.62. The van der Waals surface area contributed by atoms with Gasteiger partial charge in [-0.3, -0.25) is 0 Å². The van der Waals surface area contributed by atoms with E-state index in [1.54, 1.807) is 12.1 Å². The Labute approximate surface area is 179 Å². The number of fused-ring (bicyclic) bond motifs is 3. The molecule has 0 saturated carbocycles. The first-order chi connectivity index (χ1) is 15.0. The monoisotopic (exact) mass is 407 g/mol. The van der Waals surface area contributed by atoms with E-state index in [0.717, 1.165) is 33.1 Å². The summed E-state index contributed by atoms with van der Waals surface area (Å²) in [6, 6.07) is 29.1. The van der Waals surface area contributed by atoms with Gasteiger partial charge in [-0.25, -0.2) is 0 Å². The van der Waals surface area contributed by atoms with E-state index in [2.05, 4.69) is 28.8 Å². The molecule has 0 spiro atoms. The van der Waals surface area contributed by atoms with E-state index in [9.17, 15) is 20.1 Å². The summed E-state index contributed by atoms with van der Waals surface area (Å²) in [5.41, 5.74) is 5.13. The van der Waals surface area contributed by atoms with Crippen LogP contribution in [0.5, 0.6) is 0 Å². The summed E-state index contributed by atoms with van der Waals surface area (Å²) >= 11 is 0. The van der Waals surface area contributed by atoms with Crippen molar-refractivity contribution < 1.29 is 20.1 Å². The summed E-state index contributed by atoms with van der Waals surface area (Å²) in [5, 5.41) is 40.7. The van der Waals surface area contributed by atoms with Gasteiger partial charge in [0, 0.05) is 16.5 Å². The van der Waals surface area contributed by atoms with E-state index in [-0.39, 0.29) is 10.9 Å². The van der Waals surface area contributed by atoms with Gasteiger partial charge in [0.15, 0.2) is 0 Å². The number of para-hydroxylation sites is 2. The molecule has 0 aliphatic rings. The van der Waals surface area contributed by atoms with Crippen LogP contribution in [0.3, 0.4) is 0 Å². The van der Waals surface area contributed by atoms with E-state index in [1.165, 1.54) is 6.07 Å². The maximum Gasteiger partial charge on any atom is 0.488 e. The molecule has 7 heteroatoms. The van der Waals surface area contributed by atoms with Crippen LogP contribution in [0, 0.1) is 0 Å². The summed E-state index contributed by atoms with van der Waals surface area (Å²) in [7, 11) is -3.41. The molecule has 4 aromatic carbocycles. The highest BCUT2D eigenvalue weighted by atomic mass is 16.4. The minimum absolute atomic E-state index is 0.201. The third-order valence-corrected chi connectivity index (χ3v) is 5.59. The van der Waals surface area contributed by atoms with Gasteiger partial charge in [-0.15, -0.1) is 0 Å². The second-order valence-corrected chi connectivity index (χ2v) is 7.56. The average Bonchev–Trinajstić information content (AvgIpc) is 3.13. The van der Waals surface area contributed by atoms with Crippen molar-refractivity contribution in [3.8, 4) is 16.8 Å². The minimum atomic E-state index is -1.71. The van der Waals surface area contributed by atoms with Crippen molar-refractivity contribution in [2.75, 3.05) is 0 Å². The number of rotatable bonds is 4. The number of hydrogen-bond acceptors (Lipinski definition) is 4. The smallest absolute Gasteiger partial charge is 0.423 e. The molecule has 0 aliphatic carbocycles. The van der Waals surface area contributed by atoms with Crippen molar-refractivity contribution in [3.05, 3.63) is 91.0 Å². The van der Waals surface area contributed by atoms with Crippen molar-refractivity contribution in [1.82, 2.24) is 4.57 Å². The number of nitrogens with zero attached hydrogens (tertiary/aromatic N) is 1. The molecule has 4 N–H and O–H groups in total. The molecule has 5 rings (SSSR count). The lowest BCUT2D eigenvalue weighted by Gasteiger charge is -2.11. The van der Waals surface area contributed by atoms with Crippen molar-refractivity contribution >= 4 is 47.0 Å². The molecule has 1 aromatic heterocycles. The van der Waals surface area contributed by atoms with Crippen LogP contribution in [0.15, 0.2) is 91.0 Å². The van der Waals surface area contributed by atoms with E-state index >= 15 is 0 Å². The largest absolute Gasteiger partial charge is 0.488 e. The molecular weight excluding hydrogens is 388 g/mol. The molecule has 0 fully saturated rings. The summed E-state index contributed by atoms with van der Waals surface area (Å²) in [5.74, 6) is 0. The number of benzene rings is 4. The van der Waals surface area contributed by atoms with Crippen LogP contribution in [-0.2, 0) is 0 Å². The van der Waals surface area contributed by atoms with Crippen LogP contribution in [-0.4, -0.2) is 38.9 Å². The zero-order chi connectivity index (χ0) is 21.5. The molecule has 0 saturated heterocycles. The van der Waals surface area contributed by atoms with Gasteiger partial charge in [-0.1, -0.05) is 60.7 Å². The fourth-order valence-corrected chi connectivity index (χ4v) is 4.15. The van der Waals surface area contributed by atoms with Crippen molar-refractivity contribution in [3.63, 3.8) is 0 Å². The normalized spacial score (nSPS) is 11.2. The van der Waals surface area contributed by atoms with E-state index in [0.29, 0.717) is 5.56 Å². The third kappa shape index (κ3) is 3.44. The topological polar surface area (TPSA) is 85.8 Å². The maximum atomic E-state index is 9.63. The quantitative estimate of drug-likeness (QED) is 0.343. The molecule has 5 aromatic rings. The van der Waals surface area contributed by atoms with Crippen molar-refractivity contribution in [2.45, 2.75) is 0 Å². The highest BCUT2D eigenvalue weighted by Crippen LogP contribution is 2.34. The second-order valence-electron chi connectivity index (χ2n) is 7.56. The molecule has 5 nitrogen and oxygen atoms in total. The molecule has 0 atom stereocenters. The maximum absolute atomic E-state index is 9.63. The van der Waals surface area contributed by atoms with Crippen LogP contribution >= 0.6 is 0 Å². The van der Waals surface area contributed by atoms with Gasteiger partial charge in [-0.05, 0) is 52.4 Å². The lowest BCUT2D eigenvalue weighted by Crippen LogP contribution is -2.38. The van der Waals surface area contributed by atoms with Crippen LogP contribution < -0.4 is 10.9 Å². The van der Waals surface area contributed by atoms with Gasteiger partial charge in [0.2, 0.25) is 0 Å². The molecule has 0 amide bonds. The third-order valence-electron chi connectivity index (χ3n) is 5.59. The molecule has 1 heterocycles. The predicted molar refractivity (Wildman–Crippen MR) is 126 cm³/mol. The van der Waals surface area contributed by atoms with Crippen LogP contribution in [0.4, 0.5) is 0 Å². The molecule has 150 valence electrons. The summed E-state index contributed by atoms with van der Waals surface area (Å²) in [4.78, 5) is 0. The Morgan fingerprint density at radius 1 is 0.516 bits per heavy atom. The first kappa shape index (κ1) is 19.6. The molecule has 0 bridgehead atoms. The van der Waals surface area contributed by atoms with Crippen molar-refractivity contribution in [2.24, 2.45) is 0 Å². The summed E-state index contributed by atoms with van der Waals surface area (Å²) in [6.07, 6.45) is 0. The number of aromatic nitrogens is 1. The van der Waals surface area contributed by atoms with Crippen LogP contribution in [0.1, 0.15) is 0 Å². The van der Waals surface area contributed by atoms with E-state index in [1.807, 2.05) is 48.5 Å². The molecular formula is C24H19B2NO4. The Kier molecular flexibility index (Phi) is 4.88. The van der Waals surface area contributed by atoms with E-state index < -0.39 is 14.2 Å². The lowest BCUT2D eigenvalue weighted by molar-refractivity contribution is 0.425. The zero-order valence-electron chi connectivity index (χ0n) is 16.6. The zero-order valence-corrected chi connectivity index (χ0v) is 16.6. The molecule has 0 unspecified atom stereocenters. The predicted octanol–water partition coefficient (Wildman–Crippen LogP) is 1.81. The van der Waals surface area contributed by atoms with Gasteiger partial charge in [-0.2, -0.15) is 0 Å². The SMILES string of the molecule is OB(O)c1cc(B(O)O)cc(-c2ccc3c(c2)c2ccccc2n3-c2ccccc2)c1. The van der Waals surface area contributed by atoms with E-state index in [4.69, 9.17) is 0 Å². The standard InChI is InChI=1S/C24H19B2NO4/c28-25(29)18-12-17(13-19(15-18)26(30)31)16-10-11-24-22(14-16)21-8-4-5-9-23(21)27(24)20-6-2-1-3-7-20/h1-15,28-31H. The molecule has 0 aliphatic heterocycles. The lowest BCUT2D eigenvalue weighted by atomic mass is 9.71. The minimum Gasteiger partial charge on any atom is -0.423 e. The van der Waals surface area contributed by atoms with Gasteiger partial charge >= 0.3 is 14.2 Å². The summed E-state index contributed by atoms with van der Waals surface area (Å²) in [6.45, 7) is 0. The van der Waals surface area contributed by atoms with Gasteiger partial charge in [0.05, 0.1) is 11.0 Å². The van der Waals surface area contributed by atoms with Crippen LogP contribution in [0.25, 0.3) is 38.6 Å². The fraction of sp³-hybridized carbons (Fsp3) is 0. The highest BCUT2D eigenvalue weighted by Gasteiger charge is 2.20. The Hall–Kier alpha value is -3.35. The molecule has 31 heavy (non-hydrogen) atoms.